The zero-order valence-electron chi connectivity index (χ0n) is 17.8. The van der Waals surface area contributed by atoms with Gasteiger partial charge in [-0.15, -0.1) is 0 Å². The van der Waals surface area contributed by atoms with Crippen molar-refractivity contribution in [3.63, 3.8) is 0 Å². The number of nitrogens with zero attached hydrogens (tertiary/aromatic N) is 3. The van der Waals surface area contributed by atoms with Crippen molar-refractivity contribution >= 4 is 11.0 Å². The van der Waals surface area contributed by atoms with Gasteiger partial charge in [0.25, 0.3) is 0 Å². The van der Waals surface area contributed by atoms with Gasteiger partial charge in [0, 0.05) is 28.9 Å². The normalized spacial score (nSPS) is 12.1. The molecule has 0 radical (unpaired) electrons. The molecule has 32 heavy (non-hydrogen) atoms. The minimum Gasteiger partial charge on any atom is -0.496 e. The van der Waals surface area contributed by atoms with Crippen LogP contribution in [0.1, 0.15) is 22.9 Å². The van der Waals surface area contributed by atoms with E-state index in [1.807, 2.05) is 67.6 Å². The van der Waals surface area contributed by atoms with E-state index in [1.54, 1.807) is 19.5 Å². The number of fused-ring (bicyclic) bond motifs is 1. The quantitative estimate of drug-likeness (QED) is 0.412. The van der Waals surface area contributed by atoms with Gasteiger partial charge in [-0.25, -0.2) is 4.98 Å². The first kappa shape index (κ1) is 19.9. The zero-order chi connectivity index (χ0) is 22.1. The number of aromatic nitrogens is 4. The first-order valence-corrected chi connectivity index (χ1v) is 10.3. The van der Waals surface area contributed by atoms with Crippen LogP contribution in [0.2, 0.25) is 0 Å². The first-order chi connectivity index (χ1) is 15.7. The summed E-state index contributed by atoms with van der Waals surface area (Å²) in [6, 6.07) is 21.5. The van der Waals surface area contributed by atoms with Crippen molar-refractivity contribution < 1.29 is 9.84 Å². The van der Waals surface area contributed by atoms with E-state index >= 15 is 0 Å². The van der Waals surface area contributed by atoms with Gasteiger partial charge in [-0.1, -0.05) is 36.4 Å². The molecule has 0 aliphatic rings. The van der Waals surface area contributed by atoms with Crippen molar-refractivity contribution in [1.82, 2.24) is 20.2 Å². The maximum Gasteiger partial charge on any atom is 0.181 e. The largest absolute Gasteiger partial charge is 0.496 e. The van der Waals surface area contributed by atoms with Crippen molar-refractivity contribution in [2.45, 2.75) is 13.0 Å². The topological polar surface area (TPSA) is 83.9 Å². The molecule has 1 unspecified atom stereocenters. The van der Waals surface area contributed by atoms with Gasteiger partial charge in [0.1, 0.15) is 11.9 Å². The van der Waals surface area contributed by atoms with Crippen LogP contribution in [0.3, 0.4) is 0 Å². The first-order valence-electron chi connectivity index (χ1n) is 10.3. The van der Waals surface area contributed by atoms with Gasteiger partial charge < -0.3 is 9.84 Å². The lowest BCUT2D eigenvalue weighted by Gasteiger charge is -2.14. The number of rotatable bonds is 5. The van der Waals surface area contributed by atoms with Crippen molar-refractivity contribution in [3.05, 3.63) is 95.9 Å². The fourth-order valence-corrected chi connectivity index (χ4v) is 3.94. The lowest BCUT2D eigenvalue weighted by atomic mass is 9.97. The summed E-state index contributed by atoms with van der Waals surface area (Å²) in [7, 11) is 1.65. The summed E-state index contributed by atoms with van der Waals surface area (Å²) in [6.45, 7) is 1.95. The Morgan fingerprint density at radius 1 is 0.938 bits per heavy atom. The molecule has 5 rings (SSSR count). The smallest absolute Gasteiger partial charge is 0.181 e. The van der Waals surface area contributed by atoms with Gasteiger partial charge in [-0.3, -0.25) is 10.1 Å². The number of benzene rings is 2. The van der Waals surface area contributed by atoms with Crippen LogP contribution in [0.5, 0.6) is 5.75 Å². The highest BCUT2D eigenvalue weighted by molar-refractivity contribution is 5.94. The predicted molar refractivity (Wildman–Crippen MR) is 124 cm³/mol. The lowest BCUT2D eigenvalue weighted by Crippen LogP contribution is -2.04. The third kappa shape index (κ3) is 3.50. The number of aryl methyl sites for hydroxylation is 1. The Balaban J connectivity index is 1.57. The molecule has 0 saturated carbocycles. The highest BCUT2D eigenvalue weighted by Crippen LogP contribution is 2.35. The fourth-order valence-electron chi connectivity index (χ4n) is 3.94. The summed E-state index contributed by atoms with van der Waals surface area (Å²) >= 11 is 0. The number of aliphatic hydroxyl groups excluding tert-OH is 1. The van der Waals surface area contributed by atoms with E-state index in [0.29, 0.717) is 11.3 Å². The minimum absolute atomic E-state index is 0.634. The van der Waals surface area contributed by atoms with Gasteiger partial charge in [0.2, 0.25) is 0 Å². The van der Waals surface area contributed by atoms with E-state index in [0.717, 1.165) is 44.6 Å². The minimum atomic E-state index is -0.800. The number of nitrogens with one attached hydrogen (secondary N) is 1. The summed E-state index contributed by atoms with van der Waals surface area (Å²) in [5.74, 6) is 0.763. The third-order valence-corrected chi connectivity index (χ3v) is 5.63. The highest BCUT2D eigenvalue weighted by Gasteiger charge is 2.17. The molecule has 0 saturated heterocycles. The highest BCUT2D eigenvalue weighted by atomic mass is 16.5. The number of ether oxygens (including phenoxy) is 1. The molecule has 6 nitrogen and oxygen atoms in total. The van der Waals surface area contributed by atoms with Crippen LogP contribution in [-0.4, -0.2) is 32.4 Å². The Bertz CT molecular complexity index is 1410. The zero-order valence-corrected chi connectivity index (χ0v) is 17.8. The van der Waals surface area contributed by atoms with Crippen molar-refractivity contribution in [1.29, 1.82) is 0 Å². The summed E-state index contributed by atoms with van der Waals surface area (Å²) in [4.78, 5) is 8.91. The molecule has 3 aromatic heterocycles. The number of hydrogen-bond acceptors (Lipinski definition) is 5. The van der Waals surface area contributed by atoms with E-state index in [4.69, 9.17) is 4.74 Å². The molecule has 5 aromatic rings. The van der Waals surface area contributed by atoms with Crippen LogP contribution in [0.4, 0.5) is 0 Å². The Hall–Kier alpha value is -4.03. The molecule has 1 atom stereocenters. The van der Waals surface area contributed by atoms with Crippen molar-refractivity contribution in [3.8, 4) is 28.1 Å². The van der Waals surface area contributed by atoms with Gasteiger partial charge in [-0.2, -0.15) is 5.10 Å². The van der Waals surface area contributed by atoms with Crippen LogP contribution in [0.25, 0.3) is 33.4 Å². The van der Waals surface area contributed by atoms with E-state index < -0.39 is 6.10 Å². The average molecular weight is 422 g/mol. The SMILES string of the molecule is COc1ccccc1-c1[nH]nc2ncc(-c3cccc(C(O)c4ncccc4C)c3)cc12. The summed E-state index contributed by atoms with van der Waals surface area (Å²) in [5, 5.41) is 19.3. The summed E-state index contributed by atoms with van der Waals surface area (Å²) in [6.07, 6.45) is 2.70. The lowest BCUT2D eigenvalue weighted by molar-refractivity contribution is 0.214. The van der Waals surface area contributed by atoms with Gasteiger partial charge in [0.15, 0.2) is 5.65 Å². The molecule has 158 valence electrons. The van der Waals surface area contributed by atoms with Crippen LogP contribution in [-0.2, 0) is 0 Å². The molecular weight excluding hydrogens is 400 g/mol. The van der Waals surface area contributed by atoms with E-state index in [2.05, 4.69) is 26.2 Å². The number of aromatic amines is 1. The summed E-state index contributed by atoms with van der Waals surface area (Å²) in [5.41, 5.74) is 6.69. The average Bonchev–Trinajstić information content (AvgIpc) is 3.27. The number of hydrogen-bond donors (Lipinski definition) is 2. The monoisotopic (exact) mass is 422 g/mol. The van der Waals surface area contributed by atoms with Gasteiger partial charge in [0.05, 0.1) is 18.5 Å². The third-order valence-electron chi connectivity index (χ3n) is 5.63. The number of para-hydroxylation sites is 1. The molecular formula is C26H22N4O2. The second kappa shape index (κ2) is 8.24. The van der Waals surface area contributed by atoms with Crippen molar-refractivity contribution in [2.75, 3.05) is 7.11 Å². The summed E-state index contributed by atoms with van der Waals surface area (Å²) < 4.78 is 5.52. The Morgan fingerprint density at radius 3 is 2.66 bits per heavy atom. The Labute approximate surface area is 185 Å². The number of methoxy groups -OCH3 is 1. The molecule has 0 aliphatic carbocycles. The molecule has 0 amide bonds. The molecule has 2 aromatic carbocycles. The number of pyridine rings is 2. The second-order valence-electron chi connectivity index (χ2n) is 7.63. The van der Waals surface area contributed by atoms with E-state index in [1.165, 1.54) is 0 Å². The van der Waals surface area contributed by atoms with E-state index in [-0.39, 0.29) is 0 Å². The van der Waals surface area contributed by atoms with Crippen LogP contribution in [0, 0.1) is 6.92 Å². The molecule has 2 N–H and O–H groups in total. The predicted octanol–water partition coefficient (Wildman–Crippen LogP) is 5.09. The maximum atomic E-state index is 10.9. The molecule has 6 heteroatoms. The van der Waals surface area contributed by atoms with Crippen molar-refractivity contribution in [2.24, 2.45) is 0 Å². The molecule has 0 spiro atoms. The maximum absolute atomic E-state index is 10.9. The van der Waals surface area contributed by atoms with E-state index in [9.17, 15) is 5.11 Å². The molecule has 3 heterocycles. The van der Waals surface area contributed by atoms with Gasteiger partial charge >= 0.3 is 0 Å². The Morgan fingerprint density at radius 2 is 1.81 bits per heavy atom. The molecule has 0 bridgehead atoms. The van der Waals surface area contributed by atoms with Crippen LogP contribution in [0.15, 0.2) is 79.1 Å². The van der Waals surface area contributed by atoms with Gasteiger partial charge in [-0.05, 0) is 53.9 Å². The second-order valence-corrected chi connectivity index (χ2v) is 7.63. The molecule has 0 fully saturated rings. The van der Waals surface area contributed by atoms with Crippen LogP contribution >= 0.6 is 0 Å². The van der Waals surface area contributed by atoms with Crippen LogP contribution < -0.4 is 4.74 Å². The molecule has 0 aliphatic heterocycles. The number of aliphatic hydroxyl groups is 1. The Kier molecular flexibility index (Phi) is 5.13. The fraction of sp³-hybridized carbons (Fsp3) is 0.115. The standard InChI is InChI=1S/C26H22N4O2/c1-16-7-6-12-27-23(16)25(31)18-9-5-8-17(13-18)19-14-21-24(29-30-26(21)28-15-19)20-10-3-4-11-22(20)32-2/h3-15,25,31H,1-2H3,(H,28,29,30). The number of H-pyrrole nitrogens is 1.